The van der Waals surface area contributed by atoms with Crippen LogP contribution in [0.3, 0.4) is 0 Å². The van der Waals surface area contributed by atoms with Gasteiger partial charge in [0.15, 0.2) is 0 Å². The van der Waals surface area contributed by atoms with Gasteiger partial charge in [-0.25, -0.2) is 4.79 Å². The van der Waals surface area contributed by atoms with E-state index in [0.717, 1.165) is 11.5 Å². The first-order chi connectivity index (χ1) is 7.97. The van der Waals surface area contributed by atoms with E-state index >= 15 is 0 Å². The van der Waals surface area contributed by atoms with E-state index in [0.29, 0.717) is 17.0 Å². The molecule has 0 aliphatic heterocycles. The summed E-state index contributed by atoms with van der Waals surface area (Å²) >= 11 is 0.984. The maximum Gasteiger partial charge on any atom is 0.326 e. The molecule has 0 radical (unpaired) electrons. The van der Waals surface area contributed by atoms with Gasteiger partial charge in [-0.15, -0.1) is 5.10 Å². The Morgan fingerprint density at radius 2 is 2.12 bits per heavy atom. The van der Waals surface area contributed by atoms with E-state index in [1.54, 1.807) is 6.92 Å². The quantitative estimate of drug-likeness (QED) is 0.828. The van der Waals surface area contributed by atoms with Gasteiger partial charge < -0.3 is 10.4 Å². The maximum absolute atomic E-state index is 11.9. The Labute approximate surface area is 103 Å². The third kappa shape index (κ3) is 3.23. The molecule has 1 aromatic rings. The van der Waals surface area contributed by atoms with Gasteiger partial charge in [-0.2, -0.15) is 0 Å². The van der Waals surface area contributed by atoms with Gasteiger partial charge in [0.1, 0.15) is 10.9 Å². The summed E-state index contributed by atoms with van der Waals surface area (Å²) in [6.07, 6.45) is 0.338. The number of aromatic nitrogens is 2. The molecule has 0 fully saturated rings. The zero-order valence-corrected chi connectivity index (χ0v) is 10.7. The molecule has 0 saturated carbocycles. The normalized spacial score (nSPS) is 12.5. The number of rotatable bonds is 5. The van der Waals surface area contributed by atoms with Crippen LogP contribution in [0.25, 0.3) is 0 Å². The second kappa shape index (κ2) is 5.72. The fourth-order valence-corrected chi connectivity index (χ4v) is 2.02. The molecule has 1 aromatic heterocycles. The van der Waals surface area contributed by atoms with Crippen LogP contribution < -0.4 is 5.32 Å². The van der Waals surface area contributed by atoms with Crippen LogP contribution in [0.1, 0.15) is 48.5 Å². The van der Waals surface area contributed by atoms with Crippen LogP contribution in [0.2, 0.25) is 0 Å². The van der Waals surface area contributed by atoms with E-state index < -0.39 is 17.9 Å². The largest absolute Gasteiger partial charge is 0.480 e. The minimum absolute atomic E-state index is 0.0828. The van der Waals surface area contributed by atoms with Crippen LogP contribution in [0, 0.1) is 0 Å². The number of nitrogens with zero attached hydrogens (tertiary/aromatic N) is 2. The van der Waals surface area contributed by atoms with Crippen LogP contribution in [-0.4, -0.2) is 32.6 Å². The lowest BCUT2D eigenvalue weighted by Gasteiger charge is -2.11. The molecule has 17 heavy (non-hydrogen) atoms. The first-order valence-electron chi connectivity index (χ1n) is 5.33. The van der Waals surface area contributed by atoms with Gasteiger partial charge in [0, 0.05) is 0 Å². The number of carbonyl (C=O) groups excluding carboxylic acids is 1. The van der Waals surface area contributed by atoms with Crippen molar-refractivity contribution in [3.8, 4) is 0 Å². The van der Waals surface area contributed by atoms with Crippen LogP contribution in [-0.2, 0) is 4.79 Å². The van der Waals surface area contributed by atoms with Crippen molar-refractivity contribution in [1.82, 2.24) is 14.9 Å². The van der Waals surface area contributed by atoms with Gasteiger partial charge in [-0.05, 0) is 23.9 Å². The molecule has 1 amide bonds. The molecule has 0 spiro atoms. The summed E-state index contributed by atoms with van der Waals surface area (Å²) in [6, 6.07) is -0.871. The number of carboxylic acids is 1. The van der Waals surface area contributed by atoms with Crippen LogP contribution in [0.15, 0.2) is 0 Å². The fraction of sp³-hybridized carbons (Fsp3) is 0.600. The second-order valence-electron chi connectivity index (χ2n) is 3.91. The summed E-state index contributed by atoms with van der Waals surface area (Å²) in [5, 5.41) is 15.2. The topological polar surface area (TPSA) is 92.2 Å². The third-order valence-corrected chi connectivity index (χ3v) is 3.02. The Balaban J connectivity index is 2.82. The number of amides is 1. The number of hydrogen-bond donors (Lipinski definition) is 2. The van der Waals surface area contributed by atoms with Crippen LogP contribution >= 0.6 is 11.5 Å². The molecule has 6 nitrogen and oxygen atoms in total. The highest BCUT2D eigenvalue weighted by atomic mass is 32.1. The first-order valence-corrected chi connectivity index (χ1v) is 6.10. The molecule has 0 aliphatic rings. The minimum Gasteiger partial charge on any atom is -0.480 e. The van der Waals surface area contributed by atoms with Gasteiger partial charge in [0.25, 0.3) is 5.91 Å². The molecule has 0 bridgehead atoms. The van der Waals surface area contributed by atoms with E-state index in [-0.39, 0.29) is 5.92 Å². The number of aliphatic carboxylic acids is 1. The Kier molecular flexibility index (Phi) is 4.56. The molecule has 0 saturated heterocycles. The van der Waals surface area contributed by atoms with Gasteiger partial charge in [-0.3, -0.25) is 4.79 Å². The zero-order chi connectivity index (χ0) is 13.0. The highest BCUT2D eigenvalue weighted by Gasteiger charge is 2.23. The van der Waals surface area contributed by atoms with Crippen molar-refractivity contribution in [2.45, 2.75) is 39.2 Å². The highest BCUT2D eigenvalue weighted by Crippen LogP contribution is 2.19. The number of hydrogen-bond acceptors (Lipinski definition) is 5. The molecule has 0 aliphatic carbocycles. The average Bonchev–Trinajstić information content (AvgIpc) is 2.73. The van der Waals surface area contributed by atoms with Crippen LogP contribution in [0.5, 0.6) is 0 Å². The number of carboxylic acid groups (broad SMARTS) is 1. The van der Waals surface area contributed by atoms with Gasteiger partial charge in [0.05, 0.1) is 5.69 Å². The van der Waals surface area contributed by atoms with Crippen molar-refractivity contribution >= 4 is 23.4 Å². The zero-order valence-electron chi connectivity index (χ0n) is 9.93. The minimum atomic E-state index is -1.04. The standard InChI is InChI=1S/C10H15N3O3S/c1-4-6(10(15)16)11-9(14)8-7(5(2)3)12-13-17-8/h5-6H,4H2,1-3H3,(H,11,14)(H,15,16). The Morgan fingerprint density at radius 3 is 2.59 bits per heavy atom. The Bertz CT molecular complexity index is 417. The second-order valence-corrected chi connectivity index (χ2v) is 4.67. The lowest BCUT2D eigenvalue weighted by molar-refractivity contribution is -0.139. The van der Waals surface area contributed by atoms with E-state index in [9.17, 15) is 9.59 Å². The summed E-state index contributed by atoms with van der Waals surface area (Å²) in [4.78, 5) is 23.1. The Hall–Kier alpha value is -1.50. The summed E-state index contributed by atoms with van der Waals surface area (Å²) in [7, 11) is 0. The van der Waals surface area contributed by atoms with E-state index in [1.165, 1.54) is 0 Å². The predicted octanol–water partition coefficient (Wildman–Crippen LogP) is 1.25. The lowest BCUT2D eigenvalue weighted by Crippen LogP contribution is -2.40. The molecule has 1 rings (SSSR count). The van der Waals surface area contributed by atoms with E-state index in [1.807, 2.05) is 13.8 Å². The first kappa shape index (κ1) is 13.6. The number of nitrogens with one attached hydrogen (secondary N) is 1. The molecule has 94 valence electrons. The van der Waals surface area contributed by atoms with Crippen molar-refractivity contribution in [3.63, 3.8) is 0 Å². The van der Waals surface area contributed by atoms with E-state index in [2.05, 4.69) is 14.9 Å². The molecule has 1 atom stereocenters. The molecule has 2 N–H and O–H groups in total. The average molecular weight is 257 g/mol. The van der Waals surface area contributed by atoms with Crippen LogP contribution in [0.4, 0.5) is 0 Å². The fourth-order valence-electron chi connectivity index (χ4n) is 1.30. The summed E-state index contributed by atoms with van der Waals surface area (Å²) in [5.74, 6) is -1.37. The molecule has 1 unspecified atom stereocenters. The Morgan fingerprint density at radius 1 is 1.47 bits per heavy atom. The molecule has 0 aromatic carbocycles. The SMILES string of the molecule is CCC(NC(=O)c1snnc1C(C)C)C(=O)O. The maximum atomic E-state index is 11.9. The molecule has 1 heterocycles. The smallest absolute Gasteiger partial charge is 0.326 e. The summed E-state index contributed by atoms with van der Waals surface area (Å²) < 4.78 is 3.73. The third-order valence-electron chi connectivity index (χ3n) is 2.28. The molecular formula is C10H15N3O3S. The monoisotopic (exact) mass is 257 g/mol. The van der Waals surface area contributed by atoms with E-state index in [4.69, 9.17) is 5.11 Å². The van der Waals surface area contributed by atoms with Gasteiger partial charge in [0.2, 0.25) is 0 Å². The van der Waals surface area contributed by atoms with Gasteiger partial charge in [-0.1, -0.05) is 25.3 Å². The van der Waals surface area contributed by atoms with Crippen molar-refractivity contribution in [2.24, 2.45) is 0 Å². The summed E-state index contributed by atoms with van der Waals surface area (Å²) in [5.41, 5.74) is 0.604. The summed E-state index contributed by atoms with van der Waals surface area (Å²) in [6.45, 7) is 5.51. The number of carbonyl (C=O) groups is 2. The van der Waals surface area contributed by atoms with Crippen molar-refractivity contribution in [2.75, 3.05) is 0 Å². The molecule has 7 heteroatoms. The van der Waals surface area contributed by atoms with Crippen molar-refractivity contribution in [3.05, 3.63) is 10.6 Å². The van der Waals surface area contributed by atoms with Gasteiger partial charge >= 0.3 is 5.97 Å². The van der Waals surface area contributed by atoms with Crippen molar-refractivity contribution in [1.29, 1.82) is 0 Å². The lowest BCUT2D eigenvalue weighted by atomic mass is 10.1. The van der Waals surface area contributed by atoms with Crippen molar-refractivity contribution < 1.29 is 14.7 Å². The predicted molar refractivity (Wildman–Crippen MR) is 63.2 cm³/mol. The molecular weight excluding hydrogens is 242 g/mol. The highest BCUT2D eigenvalue weighted by molar-refractivity contribution is 7.08.